The second-order valence-electron chi connectivity index (χ2n) is 4.02. The smallest absolute Gasteiger partial charge is 0.141 e. The Morgan fingerprint density at radius 2 is 2.29 bits per heavy atom. The van der Waals surface area contributed by atoms with Crippen molar-refractivity contribution >= 4 is 5.82 Å². The van der Waals surface area contributed by atoms with Crippen molar-refractivity contribution in [2.75, 3.05) is 5.32 Å². The number of hydrogen-bond donors (Lipinski definition) is 1. The summed E-state index contributed by atoms with van der Waals surface area (Å²) in [6.45, 7) is 2.24. The van der Waals surface area contributed by atoms with Crippen molar-refractivity contribution < 1.29 is 4.39 Å². The molecule has 76 valence electrons. The average Bonchev–Trinajstić information content (AvgIpc) is 2.56. The van der Waals surface area contributed by atoms with Gasteiger partial charge in [-0.1, -0.05) is 13.3 Å². The van der Waals surface area contributed by atoms with Crippen molar-refractivity contribution in [3.05, 3.63) is 24.1 Å². The zero-order valence-electron chi connectivity index (χ0n) is 8.33. The van der Waals surface area contributed by atoms with E-state index in [-0.39, 0.29) is 5.82 Å². The van der Waals surface area contributed by atoms with Crippen LogP contribution in [0.5, 0.6) is 0 Å². The van der Waals surface area contributed by atoms with Gasteiger partial charge in [-0.2, -0.15) is 0 Å². The molecule has 2 atom stereocenters. The Morgan fingerprint density at radius 1 is 1.43 bits per heavy atom. The number of rotatable bonds is 2. The van der Waals surface area contributed by atoms with Crippen LogP contribution in [0, 0.1) is 11.7 Å². The van der Waals surface area contributed by atoms with Crippen LogP contribution in [0.2, 0.25) is 0 Å². The molecule has 2 unspecified atom stereocenters. The Bertz CT molecular complexity index is 297. The average molecular weight is 194 g/mol. The molecule has 0 saturated heterocycles. The van der Waals surface area contributed by atoms with Crippen molar-refractivity contribution in [3.63, 3.8) is 0 Å². The molecule has 1 heterocycles. The van der Waals surface area contributed by atoms with E-state index in [0.717, 1.165) is 5.82 Å². The zero-order chi connectivity index (χ0) is 9.97. The van der Waals surface area contributed by atoms with Gasteiger partial charge in [0.25, 0.3) is 0 Å². The van der Waals surface area contributed by atoms with Crippen molar-refractivity contribution in [2.45, 2.75) is 32.2 Å². The quantitative estimate of drug-likeness (QED) is 0.783. The lowest BCUT2D eigenvalue weighted by Gasteiger charge is -2.17. The van der Waals surface area contributed by atoms with E-state index in [0.29, 0.717) is 12.0 Å². The molecule has 0 bridgehead atoms. The number of anilines is 1. The molecule has 3 heteroatoms. The summed E-state index contributed by atoms with van der Waals surface area (Å²) in [5.41, 5.74) is 0. The number of hydrogen-bond acceptors (Lipinski definition) is 2. The lowest BCUT2D eigenvalue weighted by atomic mass is 10.1. The van der Waals surface area contributed by atoms with Gasteiger partial charge in [0.15, 0.2) is 0 Å². The third kappa shape index (κ3) is 2.03. The van der Waals surface area contributed by atoms with Gasteiger partial charge in [-0.05, 0) is 30.9 Å². The summed E-state index contributed by atoms with van der Waals surface area (Å²) < 4.78 is 12.6. The largest absolute Gasteiger partial charge is 0.367 e. The van der Waals surface area contributed by atoms with Crippen LogP contribution in [-0.2, 0) is 0 Å². The second kappa shape index (κ2) is 3.95. The first kappa shape index (κ1) is 9.44. The van der Waals surface area contributed by atoms with E-state index in [1.807, 2.05) is 0 Å². The molecule has 0 aromatic carbocycles. The SMILES string of the molecule is CC1CCCC1Nc1ccc(F)cn1. The molecule has 2 rings (SSSR count). The van der Waals surface area contributed by atoms with Crippen molar-refractivity contribution in [1.29, 1.82) is 0 Å². The van der Waals surface area contributed by atoms with Gasteiger partial charge in [0, 0.05) is 6.04 Å². The van der Waals surface area contributed by atoms with Gasteiger partial charge in [0.2, 0.25) is 0 Å². The maximum absolute atomic E-state index is 12.6. The minimum Gasteiger partial charge on any atom is -0.367 e. The summed E-state index contributed by atoms with van der Waals surface area (Å²) >= 11 is 0. The molecule has 2 nitrogen and oxygen atoms in total. The first-order chi connectivity index (χ1) is 6.75. The topological polar surface area (TPSA) is 24.9 Å². The van der Waals surface area contributed by atoms with E-state index < -0.39 is 0 Å². The highest BCUT2D eigenvalue weighted by atomic mass is 19.1. The Morgan fingerprint density at radius 3 is 2.86 bits per heavy atom. The zero-order valence-corrected chi connectivity index (χ0v) is 8.33. The molecule has 0 spiro atoms. The minimum atomic E-state index is -0.282. The van der Waals surface area contributed by atoms with Crippen molar-refractivity contribution in [2.24, 2.45) is 5.92 Å². The van der Waals surface area contributed by atoms with Gasteiger partial charge in [0.1, 0.15) is 11.6 Å². The van der Waals surface area contributed by atoms with Gasteiger partial charge in [-0.25, -0.2) is 9.37 Å². The Labute approximate surface area is 83.6 Å². The predicted octanol–water partition coefficient (Wildman–Crippen LogP) is 2.82. The Balaban J connectivity index is 2.00. The van der Waals surface area contributed by atoms with E-state index in [4.69, 9.17) is 0 Å². The van der Waals surface area contributed by atoms with Crippen LogP contribution in [0.25, 0.3) is 0 Å². The molecule has 0 amide bonds. The van der Waals surface area contributed by atoms with Crippen LogP contribution in [0.4, 0.5) is 10.2 Å². The van der Waals surface area contributed by atoms with E-state index >= 15 is 0 Å². The van der Waals surface area contributed by atoms with Crippen molar-refractivity contribution in [1.82, 2.24) is 4.98 Å². The fourth-order valence-electron chi connectivity index (χ4n) is 2.01. The van der Waals surface area contributed by atoms with Crippen LogP contribution >= 0.6 is 0 Å². The molecule has 1 aliphatic carbocycles. The highest BCUT2D eigenvalue weighted by Crippen LogP contribution is 2.27. The summed E-state index contributed by atoms with van der Waals surface area (Å²) in [4.78, 5) is 3.99. The van der Waals surface area contributed by atoms with E-state index in [9.17, 15) is 4.39 Å². The number of nitrogens with one attached hydrogen (secondary N) is 1. The van der Waals surface area contributed by atoms with Gasteiger partial charge >= 0.3 is 0 Å². The van der Waals surface area contributed by atoms with Gasteiger partial charge in [-0.3, -0.25) is 0 Å². The van der Waals surface area contributed by atoms with Gasteiger partial charge in [-0.15, -0.1) is 0 Å². The molecule has 14 heavy (non-hydrogen) atoms. The lowest BCUT2D eigenvalue weighted by Crippen LogP contribution is -2.22. The van der Waals surface area contributed by atoms with Gasteiger partial charge in [0.05, 0.1) is 6.20 Å². The first-order valence-electron chi connectivity index (χ1n) is 5.14. The first-order valence-corrected chi connectivity index (χ1v) is 5.14. The monoisotopic (exact) mass is 194 g/mol. The molecule has 0 radical (unpaired) electrons. The Hall–Kier alpha value is -1.12. The van der Waals surface area contributed by atoms with Crippen LogP contribution in [0.1, 0.15) is 26.2 Å². The fraction of sp³-hybridized carbons (Fsp3) is 0.545. The highest BCUT2D eigenvalue weighted by Gasteiger charge is 2.23. The molecule has 0 aliphatic heterocycles. The number of aromatic nitrogens is 1. The summed E-state index contributed by atoms with van der Waals surface area (Å²) in [6, 6.07) is 3.64. The van der Waals surface area contributed by atoms with E-state index in [2.05, 4.69) is 17.2 Å². The summed E-state index contributed by atoms with van der Waals surface area (Å²) in [5.74, 6) is 1.20. The summed E-state index contributed by atoms with van der Waals surface area (Å²) in [5, 5.41) is 3.34. The number of pyridine rings is 1. The number of nitrogens with zero attached hydrogens (tertiary/aromatic N) is 1. The molecule has 1 fully saturated rings. The van der Waals surface area contributed by atoms with Crippen LogP contribution in [0.3, 0.4) is 0 Å². The van der Waals surface area contributed by atoms with Gasteiger partial charge < -0.3 is 5.32 Å². The molecular formula is C11H15FN2. The second-order valence-corrected chi connectivity index (χ2v) is 4.02. The normalized spacial score (nSPS) is 26.4. The number of halogens is 1. The maximum Gasteiger partial charge on any atom is 0.141 e. The predicted molar refractivity (Wildman–Crippen MR) is 54.6 cm³/mol. The van der Waals surface area contributed by atoms with Crippen LogP contribution in [-0.4, -0.2) is 11.0 Å². The van der Waals surface area contributed by atoms with E-state index in [1.165, 1.54) is 31.5 Å². The summed E-state index contributed by atoms with van der Waals surface area (Å²) in [7, 11) is 0. The lowest BCUT2D eigenvalue weighted by molar-refractivity contribution is 0.554. The molecule has 1 N–H and O–H groups in total. The van der Waals surface area contributed by atoms with Crippen molar-refractivity contribution in [3.8, 4) is 0 Å². The Kier molecular flexibility index (Phi) is 2.66. The third-order valence-electron chi connectivity index (χ3n) is 2.92. The molecule has 1 aromatic rings. The molecule has 1 aromatic heterocycles. The van der Waals surface area contributed by atoms with Crippen LogP contribution in [0.15, 0.2) is 18.3 Å². The van der Waals surface area contributed by atoms with E-state index in [1.54, 1.807) is 6.07 Å². The fourth-order valence-corrected chi connectivity index (χ4v) is 2.01. The molecular weight excluding hydrogens is 179 g/mol. The molecule has 1 saturated carbocycles. The molecule has 1 aliphatic rings. The summed E-state index contributed by atoms with van der Waals surface area (Å²) in [6.07, 6.45) is 5.00. The maximum atomic E-state index is 12.6. The third-order valence-corrected chi connectivity index (χ3v) is 2.92. The highest BCUT2D eigenvalue weighted by molar-refractivity contribution is 5.35. The standard InChI is InChI=1S/C11H15FN2/c1-8-3-2-4-10(8)14-11-6-5-9(12)7-13-11/h5-8,10H,2-4H2,1H3,(H,13,14). The minimum absolute atomic E-state index is 0.282. The van der Waals surface area contributed by atoms with Crippen LogP contribution < -0.4 is 5.32 Å².